The molecular weight excluding hydrogens is 408 g/mol. The third-order valence-corrected chi connectivity index (χ3v) is 3.51. The zero-order chi connectivity index (χ0) is 15.7. The van der Waals surface area contributed by atoms with Gasteiger partial charge >= 0.3 is 0 Å². The molecular formula is C13H5F5INO. The minimum absolute atomic E-state index is 0.0436. The number of amides is 1. The predicted octanol–water partition coefficient (Wildman–Crippen LogP) is 4.24. The number of hydrogen-bond acceptors (Lipinski definition) is 1. The average molecular weight is 413 g/mol. The van der Waals surface area contributed by atoms with Crippen molar-refractivity contribution < 1.29 is 26.7 Å². The highest BCUT2D eigenvalue weighted by Gasteiger charge is 2.27. The number of halogens is 6. The highest BCUT2D eigenvalue weighted by molar-refractivity contribution is 14.1. The van der Waals surface area contributed by atoms with E-state index in [0.717, 1.165) is 0 Å². The van der Waals surface area contributed by atoms with E-state index in [2.05, 4.69) is 0 Å². The number of rotatable bonds is 2. The molecule has 0 heterocycles. The monoisotopic (exact) mass is 413 g/mol. The minimum atomic E-state index is -2.28. The number of carbonyl (C=O) groups excluding carboxylic acids is 1. The van der Waals surface area contributed by atoms with E-state index in [1.54, 1.807) is 40.0 Å². The van der Waals surface area contributed by atoms with Gasteiger partial charge in [-0.3, -0.25) is 4.79 Å². The second-order valence-corrected chi connectivity index (χ2v) is 5.04. The summed E-state index contributed by atoms with van der Waals surface area (Å²) in [6.45, 7) is 0. The Bertz CT molecular complexity index is 706. The van der Waals surface area contributed by atoms with Gasteiger partial charge in [-0.05, 0) is 34.7 Å². The van der Waals surface area contributed by atoms with Crippen molar-refractivity contribution >= 4 is 34.2 Å². The quantitative estimate of drug-likeness (QED) is 0.340. The lowest BCUT2D eigenvalue weighted by molar-refractivity contribution is 0.102. The van der Waals surface area contributed by atoms with Gasteiger partial charge in [0.15, 0.2) is 23.3 Å². The Morgan fingerprint density at radius 1 is 0.857 bits per heavy atom. The van der Waals surface area contributed by atoms with Gasteiger partial charge in [0.1, 0.15) is 5.69 Å². The maximum Gasteiger partial charge on any atom is 0.256 e. The molecule has 0 fully saturated rings. The van der Waals surface area contributed by atoms with E-state index in [9.17, 15) is 26.7 Å². The van der Waals surface area contributed by atoms with Crippen LogP contribution in [0.3, 0.4) is 0 Å². The molecule has 8 heteroatoms. The minimum Gasteiger partial charge on any atom is -0.317 e. The van der Waals surface area contributed by atoms with Gasteiger partial charge in [0.25, 0.3) is 5.91 Å². The number of benzene rings is 2. The molecule has 0 bridgehead atoms. The van der Waals surface area contributed by atoms with Crippen molar-refractivity contribution in [3.63, 3.8) is 0 Å². The summed E-state index contributed by atoms with van der Waals surface area (Å²) < 4.78 is 66.3. The highest BCUT2D eigenvalue weighted by atomic mass is 127. The lowest BCUT2D eigenvalue weighted by Gasteiger charge is -2.10. The van der Waals surface area contributed by atoms with Gasteiger partial charge in [-0.1, -0.05) is 12.1 Å². The van der Waals surface area contributed by atoms with Crippen molar-refractivity contribution in [1.82, 2.24) is 0 Å². The Hall–Kier alpha value is -1.71. The van der Waals surface area contributed by atoms with Gasteiger partial charge in [-0.2, -0.15) is 0 Å². The summed E-state index contributed by atoms with van der Waals surface area (Å²) in [5.74, 6) is -11.7. The van der Waals surface area contributed by atoms with Gasteiger partial charge in [0.05, 0.1) is 5.56 Å². The van der Waals surface area contributed by atoms with Crippen molar-refractivity contribution in [3.8, 4) is 0 Å². The first-order chi connectivity index (χ1) is 9.84. The number of anilines is 1. The molecule has 1 amide bonds. The SMILES string of the molecule is O=C(Nc1c(F)c(F)c(F)c(F)c1F)c1ccccc1I. The molecule has 0 aromatic heterocycles. The summed E-state index contributed by atoms with van der Waals surface area (Å²) in [5, 5.41) is 1.70. The van der Waals surface area contributed by atoms with Crippen LogP contribution in [0.2, 0.25) is 0 Å². The van der Waals surface area contributed by atoms with Crippen molar-refractivity contribution in [2.45, 2.75) is 0 Å². The smallest absolute Gasteiger partial charge is 0.256 e. The second-order valence-electron chi connectivity index (χ2n) is 3.88. The fraction of sp³-hybridized carbons (Fsp3) is 0. The van der Waals surface area contributed by atoms with Crippen molar-refractivity contribution in [3.05, 3.63) is 62.5 Å². The van der Waals surface area contributed by atoms with Crippen LogP contribution in [0.4, 0.5) is 27.6 Å². The van der Waals surface area contributed by atoms with E-state index in [1.807, 2.05) is 0 Å². The molecule has 0 unspecified atom stereocenters. The number of hydrogen-bond donors (Lipinski definition) is 1. The molecule has 110 valence electrons. The molecule has 0 aliphatic carbocycles. The van der Waals surface area contributed by atoms with E-state index < -0.39 is 40.7 Å². The Kier molecular flexibility index (Phi) is 4.45. The third kappa shape index (κ3) is 2.85. The molecule has 0 aliphatic heterocycles. The zero-order valence-electron chi connectivity index (χ0n) is 9.99. The molecule has 0 saturated carbocycles. The fourth-order valence-corrected chi connectivity index (χ4v) is 2.17. The summed E-state index contributed by atoms with van der Waals surface area (Å²) in [6.07, 6.45) is 0. The Morgan fingerprint density at radius 2 is 1.33 bits per heavy atom. The van der Waals surface area contributed by atoms with Crippen LogP contribution in [0.1, 0.15) is 10.4 Å². The van der Waals surface area contributed by atoms with Crippen LogP contribution in [-0.2, 0) is 0 Å². The highest BCUT2D eigenvalue weighted by Crippen LogP contribution is 2.27. The van der Waals surface area contributed by atoms with Crippen molar-refractivity contribution in [1.29, 1.82) is 0 Å². The van der Waals surface area contributed by atoms with Gasteiger partial charge in [-0.25, -0.2) is 22.0 Å². The fourth-order valence-electron chi connectivity index (χ4n) is 1.54. The molecule has 0 spiro atoms. The summed E-state index contributed by atoms with van der Waals surface area (Å²) in [4.78, 5) is 11.9. The summed E-state index contributed by atoms with van der Waals surface area (Å²) in [5.41, 5.74) is -1.34. The molecule has 0 aliphatic rings. The van der Waals surface area contributed by atoms with Crippen molar-refractivity contribution in [2.24, 2.45) is 0 Å². The van der Waals surface area contributed by atoms with Crippen LogP contribution in [0, 0.1) is 32.7 Å². The Morgan fingerprint density at radius 3 is 1.86 bits per heavy atom. The summed E-state index contributed by atoms with van der Waals surface area (Å²) >= 11 is 1.80. The Labute approximate surface area is 129 Å². The molecule has 0 saturated heterocycles. The normalized spacial score (nSPS) is 10.6. The molecule has 2 nitrogen and oxygen atoms in total. The van der Waals surface area contributed by atoms with E-state index in [0.29, 0.717) is 3.57 Å². The molecule has 0 atom stereocenters. The van der Waals surface area contributed by atoms with Crippen LogP contribution in [0.5, 0.6) is 0 Å². The van der Waals surface area contributed by atoms with E-state index in [4.69, 9.17) is 0 Å². The molecule has 0 radical (unpaired) electrons. The van der Waals surface area contributed by atoms with Gasteiger partial charge < -0.3 is 5.32 Å². The van der Waals surface area contributed by atoms with Gasteiger partial charge in [0, 0.05) is 3.57 Å². The van der Waals surface area contributed by atoms with E-state index in [-0.39, 0.29) is 5.56 Å². The first kappa shape index (κ1) is 15.7. The molecule has 2 rings (SSSR count). The van der Waals surface area contributed by atoms with Crippen LogP contribution in [0.25, 0.3) is 0 Å². The summed E-state index contributed by atoms with van der Waals surface area (Å²) in [7, 11) is 0. The zero-order valence-corrected chi connectivity index (χ0v) is 12.1. The van der Waals surface area contributed by atoms with Gasteiger partial charge in [0.2, 0.25) is 5.82 Å². The molecule has 21 heavy (non-hydrogen) atoms. The lowest BCUT2D eigenvalue weighted by Crippen LogP contribution is -2.17. The van der Waals surface area contributed by atoms with Crippen LogP contribution >= 0.6 is 22.6 Å². The van der Waals surface area contributed by atoms with Crippen LogP contribution < -0.4 is 5.32 Å². The first-order valence-electron chi connectivity index (χ1n) is 5.42. The predicted molar refractivity (Wildman–Crippen MR) is 73.3 cm³/mol. The van der Waals surface area contributed by atoms with Gasteiger partial charge in [-0.15, -0.1) is 0 Å². The largest absolute Gasteiger partial charge is 0.317 e. The number of nitrogens with one attached hydrogen (secondary N) is 1. The standard InChI is InChI=1S/C13H5F5INO/c14-7-8(15)10(17)12(11(18)9(7)16)20-13(21)5-3-1-2-4-6(5)19/h1-4H,(H,20,21). The maximum atomic E-state index is 13.4. The van der Waals surface area contributed by atoms with Crippen LogP contribution in [-0.4, -0.2) is 5.91 Å². The summed E-state index contributed by atoms with van der Waals surface area (Å²) in [6, 6.07) is 6.02. The second kappa shape index (κ2) is 5.96. The Balaban J connectivity index is 2.46. The molecule has 2 aromatic carbocycles. The molecule has 1 N–H and O–H groups in total. The van der Waals surface area contributed by atoms with Crippen molar-refractivity contribution in [2.75, 3.05) is 5.32 Å². The molecule has 2 aromatic rings. The van der Waals surface area contributed by atoms with E-state index >= 15 is 0 Å². The number of carbonyl (C=O) groups is 1. The lowest BCUT2D eigenvalue weighted by atomic mass is 10.2. The first-order valence-corrected chi connectivity index (χ1v) is 6.49. The average Bonchev–Trinajstić information content (AvgIpc) is 2.48. The maximum absolute atomic E-state index is 13.4. The van der Waals surface area contributed by atoms with Crippen LogP contribution in [0.15, 0.2) is 24.3 Å². The third-order valence-electron chi connectivity index (χ3n) is 2.57. The topological polar surface area (TPSA) is 29.1 Å². The van der Waals surface area contributed by atoms with E-state index in [1.165, 1.54) is 12.1 Å².